The lowest BCUT2D eigenvalue weighted by Crippen LogP contribution is -2.13. The fourth-order valence-electron chi connectivity index (χ4n) is 3.63. The van der Waals surface area contributed by atoms with E-state index in [0.717, 1.165) is 31.4 Å². The van der Waals surface area contributed by atoms with Crippen LogP contribution in [0.4, 0.5) is 5.69 Å². The van der Waals surface area contributed by atoms with Crippen LogP contribution in [0.15, 0.2) is 54.7 Å². The number of aromatic nitrogens is 1. The summed E-state index contributed by atoms with van der Waals surface area (Å²) in [5.74, 6) is 0.375. The number of nitrogens with one attached hydrogen (secondary N) is 2. The first kappa shape index (κ1) is 15.2. The van der Waals surface area contributed by atoms with E-state index in [2.05, 4.69) is 58.1 Å². The Morgan fingerprint density at radius 2 is 2.04 bits per heavy atom. The number of hydrogen-bond donors (Lipinski definition) is 2. The average molecular weight is 317 g/mol. The molecule has 1 aromatic heterocycles. The molecule has 4 rings (SSSR count). The van der Waals surface area contributed by atoms with Gasteiger partial charge in [-0.2, -0.15) is 0 Å². The topological polar surface area (TPSA) is 37.0 Å². The first-order valence-electron chi connectivity index (χ1n) is 8.71. The third kappa shape index (κ3) is 2.87. The molecule has 0 spiro atoms. The lowest BCUT2D eigenvalue weighted by Gasteiger charge is -2.19. The Morgan fingerprint density at radius 3 is 2.96 bits per heavy atom. The van der Waals surface area contributed by atoms with Gasteiger partial charge < -0.3 is 10.6 Å². The number of anilines is 1. The number of hydrogen-bond acceptors (Lipinski definition) is 3. The van der Waals surface area contributed by atoms with Crippen LogP contribution in [-0.4, -0.2) is 25.1 Å². The molecular formula is C21H23N3. The van der Waals surface area contributed by atoms with Crippen LogP contribution in [0, 0.1) is 0 Å². The second-order valence-corrected chi connectivity index (χ2v) is 6.50. The summed E-state index contributed by atoms with van der Waals surface area (Å²) in [5.41, 5.74) is 6.49. The molecule has 0 amide bonds. The minimum atomic E-state index is 0.375. The van der Waals surface area contributed by atoms with Crippen LogP contribution >= 0.6 is 0 Å². The van der Waals surface area contributed by atoms with Gasteiger partial charge in [-0.15, -0.1) is 0 Å². The zero-order valence-corrected chi connectivity index (χ0v) is 14.0. The largest absolute Gasteiger partial charge is 0.384 e. The molecule has 2 aromatic carbocycles. The molecule has 0 saturated heterocycles. The maximum Gasteiger partial charge on any atom is 0.0702 e. The highest BCUT2D eigenvalue weighted by molar-refractivity contribution is 5.79. The molecule has 1 unspecified atom stereocenters. The first-order chi connectivity index (χ1) is 11.8. The standard InChI is InChI=1S/C21H23N3/c1-22-10-9-19(15-6-7-21-17(12-15)8-11-23-21)18-13-16-4-2-3-5-20(16)24-14-18/h2-7,12-14,19,22-23H,8-11H2,1H3. The van der Waals surface area contributed by atoms with Crippen molar-refractivity contribution >= 4 is 16.6 Å². The Morgan fingerprint density at radius 1 is 1.12 bits per heavy atom. The number of pyridine rings is 1. The van der Waals surface area contributed by atoms with E-state index in [4.69, 9.17) is 0 Å². The second-order valence-electron chi connectivity index (χ2n) is 6.50. The maximum atomic E-state index is 4.68. The van der Waals surface area contributed by atoms with Crippen LogP contribution in [0.1, 0.15) is 29.0 Å². The predicted molar refractivity (Wildman–Crippen MR) is 101 cm³/mol. The second kappa shape index (κ2) is 6.62. The molecule has 3 nitrogen and oxygen atoms in total. The van der Waals surface area contributed by atoms with Crippen LogP contribution in [0.3, 0.4) is 0 Å². The summed E-state index contributed by atoms with van der Waals surface area (Å²) in [4.78, 5) is 4.68. The normalized spacial score (nSPS) is 14.4. The number of fused-ring (bicyclic) bond motifs is 2. The molecule has 122 valence electrons. The minimum Gasteiger partial charge on any atom is -0.384 e. The van der Waals surface area contributed by atoms with E-state index in [1.54, 1.807) is 0 Å². The summed E-state index contributed by atoms with van der Waals surface area (Å²) in [6, 6.07) is 17.5. The summed E-state index contributed by atoms with van der Waals surface area (Å²) < 4.78 is 0. The Labute approximate surface area is 143 Å². The third-order valence-corrected chi connectivity index (χ3v) is 4.94. The molecule has 0 aliphatic carbocycles. The van der Waals surface area contributed by atoms with E-state index in [9.17, 15) is 0 Å². The Hall–Kier alpha value is -2.39. The Balaban J connectivity index is 1.74. The van der Waals surface area contributed by atoms with Crippen molar-refractivity contribution in [1.29, 1.82) is 0 Å². The van der Waals surface area contributed by atoms with Gasteiger partial charge in [0.2, 0.25) is 0 Å². The zero-order valence-electron chi connectivity index (χ0n) is 14.0. The highest BCUT2D eigenvalue weighted by Gasteiger charge is 2.18. The molecule has 0 saturated carbocycles. The van der Waals surface area contributed by atoms with Crippen LogP contribution < -0.4 is 10.6 Å². The summed E-state index contributed by atoms with van der Waals surface area (Å²) in [7, 11) is 2.02. The molecular weight excluding hydrogens is 294 g/mol. The molecule has 2 N–H and O–H groups in total. The predicted octanol–water partition coefficient (Wildman–Crippen LogP) is 3.94. The lowest BCUT2D eigenvalue weighted by molar-refractivity contribution is 0.660. The van der Waals surface area contributed by atoms with Gasteiger partial charge in [-0.1, -0.05) is 30.3 Å². The van der Waals surface area contributed by atoms with E-state index < -0.39 is 0 Å². The van der Waals surface area contributed by atoms with E-state index in [0.29, 0.717) is 5.92 Å². The minimum absolute atomic E-state index is 0.375. The number of para-hydroxylation sites is 1. The molecule has 0 bridgehead atoms. The fraction of sp³-hybridized carbons (Fsp3) is 0.286. The number of nitrogens with zero attached hydrogens (tertiary/aromatic N) is 1. The smallest absolute Gasteiger partial charge is 0.0702 e. The summed E-state index contributed by atoms with van der Waals surface area (Å²) >= 11 is 0. The van der Waals surface area contributed by atoms with Gasteiger partial charge in [-0.3, -0.25) is 4.98 Å². The average Bonchev–Trinajstić information content (AvgIpc) is 3.10. The molecule has 24 heavy (non-hydrogen) atoms. The molecule has 1 aliphatic heterocycles. The summed E-state index contributed by atoms with van der Waals surface area (Å²) in [6.45, 7) is 2.05. The Kier molecular flexibility index (Phi) is 4.18. The lowest BCUT2D eigenvalue weighted by atomic mass is 9.87. The Bertz CT molecular complexity index is 857. The van der Waals surface area contributed by atoms with Gasteiger partial charge in [0.15, 0.2) is 0 Å². The maximum absolute atomic E-state index is 4.68. The molecule has 3 aromatic rings. The number of rotatable bonds is 5. The zero-order chi connectivity index (χ0) is 16.4. The van der Waals surface area contributed by atoms with Crippen LogP contribution in [0.5, 0.6) is 0 Å². The molecule has 0 fully saturated rings. The van der Waals surface area contributed by atoms with Crippen molar-refractivity contribution < 1.29 is 0 Å². The molecule has 1 aliphatic rings. The van der Waals surface area contributed by atoms with Crippen molar-refractivity contribution in [2.24, 2.45) is 0 Å². The van der Waals surface area contributed by atoms with Crippen LogP contribution in [0.2, 0.25) is 0 Å². The van der Waals surface area contributed by atoms with Gasteiger partial charge in [-0.05, 0) is 61.3 Å². The molecule has 1 atom stereocenters. The van der Waals surface area contributed by atoms with Gasteiger partial charge in [-0.25, -0.2) is 0 Å². The SMILES string of the molecule is CNCCC(c1ccc2c(c1)CCN2)c1cnc2ccccc2c1. The van der Waals surface area contributed by atoms with E-state index in [-0.39, 0.29) is 0 Å². The fourth-order valence-corrected chi connectivity index (χ4v) is 3.63. The van der Waals surface area contributed by atoms with Crippen LogP contribution in [0.25, 0.3) is 10.9 Å². The monoisotopic (exact) mass is 317 g/mol. The summed E-state index contributed by atoms with van der Waals surface area (Å²) in [6.07, 6.45) is 4.24. The molecule has 3 heteroatoms. The molecule has 2 heterocycles. The van der Waals surface area contributed by atoms with Crippen molar-refractivity contribution in [2.45, 2.75) is 18.8 Å². The highest BCUT2D eigenvalue weighted by Crippen LogP contribution is 2.33. The quantitative estimate of drug-likeness (QED) is 0.748. The first-order valence-corrected chi connectivity index (χ1v) is 8.71. The van der Waals surface area contributed by atoms with Gasteiger partial charge in [0, 0.05) is 29.7 Å². The van der Waals surface area contributed by atoms with E-state index >= 15 is 0 Å². The summed E-state index contributed by atoms with van der Waals surface area (Å²) in [5, 5.41) is 7.96. The van der Waals surface area contributed by atoms with E-state index in [1.165, 1.54) is 27.8 Å². The highest BCUT2D eigenvalue weighted by atomic mass is 14.9. The van der Waals surface area contributed by atoms with Gasteiger partial charge in [0.05, 0.1) is 5.52 Å². The van der Waals surface area contributed by atoms with Crippen molar-refractivity contribution in [2.75, 3.05) is 25.5 Å². The van der Waals surface area contributed by atoms with Crippen molar-refractivity contribution in [1.82, 2.24) is 10.3 Å². The van der Waals surface area contributed by atoms with Gasteiger partial charge in [0.25, 0.3) is 0 Å². The van der Waals surface area contributed by atoms with Crippen molar-refractivity contribution in [3.8, 4) is 0 Å². The third-order valence-electron chi connectivity index (χ3n) is 4.94. The molecule has 0 radical (unpaired) electrons. The van der Waals surface area contributed by atoms with Crippen molar-refractivity contribution in [3.63, 3.8) is 0 Å². The van der Waals surface area contributed by atoms with Crippen molar-refractivity contribution in [3.05, 3.63) is 71.4 Å². The van der Waals surface area contributed by atoms with Crippen LogP contribution in [-0.2, 0) is 6.42 Å². The van der Waals surface area contributed by atoms with Gasteiger partial charge >= 0.3 is 0 Å². The van der Waals surface area contributed by atoms with E-state index in [1.807, 2.05) is 19.3 Å². The number of benzene rings is 2. The van der Waals surface area contributed by atoms with Gasteiger partial charge in [0.1, 0.15) is 0 Å².